The number of likely N-dealkylation sites (tertiary alicyclic amines) is 1. The fourth-order valence-corrected chi connectivity index (χ4v) is 3.64. The maximum Gasteiger partial charge on any atom is 0.289 e. The van der Waals surface area contributed by atoms with Gasteiger partial charge in [0, 0.05) is 18.1 Å². The Morgan fingerprint density at radius 3 is 2.70 bits per heavy atom. The lowest BCUT2D eigenvalue weighted by atomic mass is 9.96. The van der Waals surface area contributed by atoms with Crippen LogP contribution in [0.3, 0.4) is 0 Å². The van der Waals surface area contributed by atoms with Crippen molar-refractivity contribution in [1.82, 2.24) is 4.90 Å². The normalized spacial score (nSPS) is 16.2. The second-order valence-corrected chi connectivity index (χ2v) is 7.55. The van der Waals surface area contributed by atoms with Gasteiger partial charge >= 0.3 is 0 Å². The monoisotopic (exact) mass is 424 g/mol. The minimum atomic E-state index is -0.332. The number of rotatable bonds is 5. The molecule has 0 unspecified atom stereocenters. The number of furan rings is 1. The number of nitrogens with zero attached hydrogens (tertiary/aromatic N) is 1. The highest BCUT2D eigenvalue weighted by Crippen LogP contribution is 2.33. The first-order valence-corrected chi connectivity index (χ1v) is 10.1. The largest absolute Gasteiger partial charge is 0.459 e. The quantitative estimate of drug-likeness (QED) is 0.609. The first-order chi connectivity index (χ1) is 14.6. The van der Waals surface area contributed by atoms with Crippen LogP contribution in [-0.4, -0.2) is 29.8 Å². The second kappa shape index (κ2) is 9.05. The standard InChI is InChI=1S/C23H21ClN2O4/c24-17-10-11-20(30-18-7-2-1-3-8-18)19(14-17)25-22(27)16-6-4-12-26(15-16)23(28)21-9-5-13-29-21/h1-3,5,7-11,13-14,16H,4,6,12,15H2,(H,25,27)/t16-/m1/s1. The number of nitrogens with one attached hydrogen (secondary N) is 1. The molecule has 30 heavy (non-hydrogen) atoms. The number of carbonyl (C=O) groups is 2. The molecule has 7 heteroatoms. The summed E-state index contributed by atoms with van der Waals surface area (Å²) < 4.78 is 11.1. The van der Waals surface area contributed by atoms with E-state index in [0.717, 1.165) is 6.42 Å². The molecular formula is C23H21ClN2O4. The Morgan fingerprint density at radius 1 is 1.10 bits per heavy atom. The minimum absolute atomic E-state index is 0.174. The van der Waals surface area contributed by atoms with E-state index in [1.54, 1.807) is 35.2 Å². The molecule has 1 aliphatic heterocycles. The van der Waals surface area contributed by atoms with E-state index in [-0.39, 0.29) is 23.5 Å². The molecule has 0 bridgehead atoms. The van der Waals surface area contributed by atoms with E-state index < -0.39 is 0 Å². The highest BCUT2D eigenvalue weighted by molar-refractivity contribution is 6.31. The van der Waals surface area contributed by atoms with Gasteiger partial charge in [0.1, 0.15) is 5.75 Å². The summed E-state index contributed by atoms with van der Waals surface area (Å²) in [7, 11) is 0. The van der Waals surface area contributed by atoms with E-state index in [9.17, 15) is 9.59 Å². The fraction of sp³-hybridized carbons (Fsp3) is 0.217. The molecule has 1 atom stereocenters. The average Bonchev–Trinajstić information content (AvgIpc) is 3.31. The summed E-state index contributed by atoms with van der Waals surface area (Å²) in [6.45, 7) is 0.934. The summed E-state index contributed by atoms with van der Waals surface area (Å²) in [5, 5.41) is 3.42. The van der Waals surface area contributed by atoms with Crippen LogP contribution in [0.15, 0.2) is 71.3 Å². The van der Waals surface area contributed by atoms with Crippen molar-refractivity contribution in [2.24, 2.45) is 5.92 Å². The molecule has 0 saturated carbocycles. The molecule has 1 aliphatic rings. The van der Waals surface area contributed by atoms with E-state index >= 15 is 0 Å². The first kappa shape index (κ1) is 20.0. The predicted octanol–water partition coefficient (Wildman–Crippen LogP) is 5.22. The lowest BCUT2D eigenvalue weighted by Gasteiger charge is -2.31. The van der Waals surface area contributed by atoms with Crippen LogP contribution in [0, 0.1) is 5.92 Å². The number of halogens is 1. The van der Waals surface area contributed by atoms with Crippen molar-refractivity contribution in [3.05, 3.63) is 77.7 Å². The van der Waals surface area contributed by atoms with Gasteiger partial charge in [0.15, 0.2) is 11.5 Å². The molecule has 6 nitrogen and oxygen atoms in total. The Balaban J connectivity index is 1.46. The predicted molar refractivity (Wildman–Crippen MR) is 114 cm³/mol. The maximum absolute atomic E-state index is 13.0. The van der Waals surface area contributed by atoms with Gasteiger partial charge in [0.2, 0.25) is 5.91 Å². The van der Waals surface area contributed by atoms with Crippen molar-refractivity contribution < 1.29 is 18.7 Å². The first-order valence-electron chi connectivity index (χ1n) is 9.76. The van der Waals surface area contributed by atoms with E-state index in [4.69, 9.17) is 20.8 Å². The number of amides is 2. The lowest BCUT2D eigenvalue weighted by molar-refractivity contribution is -0.121. The summed E-state index contributed by atoms with van der Waals surface area (Å²) in [5.74, 6) is 0.729. The molecule has 1 N–H and O–H groups in total. The van der Waals surface area contributed by atoms with Gasteiger partial charge in [-0.25, -0.2) is 0 Å². The zero-order chi connectivity index (χ0) is 20.9. The number of piperidine rings is 1. The minimum Gasteiger partial charge on any atom is -0.459 e. The molecular weight excluding hydrogens is 404 g/mol. The molecule has 4 rings (SSSR count). The van der Waals surface area contributed by atoms with Gasteiger partial charge in [-0.3, -0.25) is 9.59 Å². The van der Waals surface area contributed by atoms with Crippen LogP contribution >= 0.6 is 11.6 Å². The number of ether oxygens (including phenoxy) is 1. The number of hydrogen-bond donors (Lipinski definition) is 1. The third-order valence-corrected chi connectivity index (χ3v) is 5.22. The van der Waals surface area contributed by atoms with Crippen LogP contribution in [0.5, 0.6) is 11.5 Å². The van der Waals surface area contributed by atoms with Crippen molar-refractivity contribution in [1.29, 1.82) is 0 Å². The van der Waals surface area contributed by atoms with Crippen molar-refractivity contribution in [3.63, 3.8) is 0 Å². The molecule has 0 radical (unpaired) electrons. The van der Waals surface area contributed by atoms with Crippen LogP contribution in [-0.2, 0) is 4.79 Å². The Hall–Kier alpha value is -3.25. The molecule has 2 heterocycles. The highest BCUT2D eigenvalue weighted by atomic mass is 35.5. The molecule has 2 amide bonds. The number of hydrogen-bond acceptors (Lipinski definition) is 4. The zero-order valence-corrected chi connectivity index (χ0v) is 17.0. The smallest absolute Gasteiger partial charge is 0.289 e. The summed E-state index contributed by atoms with van der Waals surface area (Å²) in [5.41, 5.74) is 0.492. The molecule has 0 aliphatic carbocycles. The molecule has 3 aromatic rings. The van der Waals surface area contributed by atoms with E-state index in [1.807, 2.05) is 30.3 Å². The lowest BCUT2D eigenvalue weighted by Crippen LogP contribution is -2.43. The Bertz CT molecular complexity index is 1020. The summed E-state index contributed by atoms with van der Waals surface area (Å²) >= 11 is 6.14. The number of carbonyl (C=O) groups excluding carboxylic acids is 2. The Kier molecular flexibility index (Phi) is 6.05. The topological polar surface area (TPSA) is 71.8 Å². The zero-order valence-electron chi connectivity index (χ0n) is 16.2. The Labute approximate surface area is 179 Å². The average molecular weight is 425 g/mol. The van der Waals surface area contributed by atoms with E-state index in [0.29, 0.717) is 41.7 Å². The molecule has 1 saturated heterocycles. The summed E-state index contributed by atoms with van der Waals surface area (Å²) in [4.78, 5) is 27.2. The fourth-order valence-electron chi connectivity index (χ4n) is 3.47. The van der Waals surface area contributed by atoms with Gasteiger partial charge in [-0.2, -0.15) is 0 Å². The van der Waals surface area contributed by atoms with Crippen molar-refractivity contribution in [2.75, 3.05) is 18.4 Å². The van der Waals surface area contributed by atoms with Gasteiger partial charge in [0.05, 0.1) is 17.9 Å². The second-order valence-electron chi connectivity index (χ2n) is 7.11. The van der Waals surface area contributed by atoms with E-state index in [2.05, 4.69) is 5.32 Å². The van der Waals surface area contributed by atoms with Gasteiger partial charge < -0.3 is 19.4 Å². The van der Waals surface area contributed by atoms with Crippen LogP contribution in [0.1, 0.15) is 23.4 Å². The third kappa shape index (κ3) is 4.66. The van der Waals surface area contributed by atoms with Crippen LogP contribution < -0.4 is 10.1 Å². The van der Waals surface area contributed by atoms with Gasteiger partial charge in [-0.05, 0) is 55.3 Å². The van der Waals surface area contributed by atoms with Gasteiger partial charge in [0.25, 0.3) is 5.91 Å². The van der Waals surface area contributed by atoms with Crippen molar-refractivity contribution in [3.8, 4) is 11.5 Å². The van der Waals surface area contributed by atoms with Gasteiger partial charge in [-0.15, -0.1) is 0 Å². The van der Waals surface area contributed by atoms with E-state index in [1.165, 1.54) is 6.26 Å². The SMILES string of the molecule is O=C(Nc1cc(Cl)ccc1Oc1ccccc1)[C@@H]1CCCN(C(=O)c2ccco2)C1. The highest BCUT2D eigenvalue weighted by Gasteiger charge is 2.30. The van der Waals surface area contributed by atoms with Crippen LogP contribution in [0.4, 0.5) is 5.69 Å². The van der Waals surface area contributed by atoms with Crippen molar-refractivity contribution in [2.45, 2.75) is 12.8 Å². The summed E-state index contributed by atoms with van der Waals surface area (Å²) in [6, 6.07) is 17.7. The maximum atomic E-state index is 13.0. The number of para-hydroxylation sites is 1. The molecule has 0 spiro atoms. The van der Waals surface area contributed by atoms with Crippen LogP contribution in [0.25, 0.3) is 0 Å². The summed E-state index contributed by atoms with van der Waals surface area (Å²) in [6.07, 6.45) is 2.91. The molecule has 2 aromatic carbocycles. The third-order valence-electron chi connectivity index (χ3n) is 4.98. The van der Waals surface area contributed by atoms with Gasteiger partial charge in [-0.1, -0.05) is 29.8 Å². The number of anilines is 1. The molecule has 1 fully saturated rings. The molecule has 154 valence electrons. The molecule has 1 aromatic heterocycles. The number of benzene rings is 2. The van der Waals surface area contributed by atoms with Crippen LogP contribution in [0.2, 0.25) is 5.02 Å². The Morgan fingerprint density at radius 2 is 1.93 bits per heavy atom. The van der Waals surface area contributed by atoms with Crippen molar-refractivity contribution >= 4 is 29.1 Å².